The van der Waals surface area contributed by atoms with Crippen LogP contribution in [-0.4, -0.2) is 39.5 Å². The molecule has 198 valence electrons. The van der Waals surface area contributed by atoms with Crippen LogP contribution in [0.2, 0.25) is 5.02 Å². The smallest absolute Gasteiger partial charge is 0.328 e. The molecule has 2 aromatic carbocycles. The van der Waals surface area contributed by atoms with E-state index in [2.05, 4.69) is 5.32 Å². The second-order valence-electron chi connectivity index (χ2n) is 8.86. The summed E-state index contributed by atoms with van der Waals surface area (Å²) in [4.78, 5) is 24.5. The van der Waals surface area contributed by atoms with Crippen molar-refractivity contribution < 1.29 is 27.1 Å². The van der Waals surface area contributed by atoms with Crippen molar-refractivity contribution in [3.05, 3.63) is 56.9 Å². The lowest BCUT2D eigenvalue weighted by molar-refractivity contribution is -0.145. The van der Waals surface area contributed by atoms with Crippen molar-refractivity contribution in [3.8, 4) is 0 Å². The lowest BCUT2D eigenvalue weighted by Gasteiger charge is -2.31. The first-order chi connectivity index (χ1) is 16.9. The third-order valence-corrected chi connectivity index (χ3v) is 8.34. The van der Waals surface area contributed by atoms with Crippen LogP contribution in [0.3, 0.4) is 0 Å². The van der Waals surface area contributed by atoms with E-state index in [1.54, 1.807) is 13.0 Å². The fourth-order valence-corrected chi connectivity index (χ4v) is 6.03. The second-order valence-corrected chi connectivity index (χ2v) is 12.4. The Balaban J connectivity index is 2.22. The molecule has 11 heteroatoms. The summed E-state index contributed by atoms with van der Waals surface area (Å²) in [5, 5.41) is 3.07. The van der Waals surface area contributed by atoms with Crippen molar-refractivity contribution >= 4 is 61.8 Å². The highest BCUT2D eigenvalue weighted by Gasteiger charge is 2.32. The van der Waals surface area contributed by atoms with E-state index in [0.29, 0.717) is 21.4 Å². The number of nitrogens with one attached hydrogen (secondary N) is 1. The van der Waals surface area contributed by atoms with Gasteiger partial charge in [0, 0.05) is 21.1 Å². The highest BCUT2D eigenvalue weighted by atomic mass is 127. The Morgan fingerprint density at radius 1 is 1.14 bits per heavy atom. The van der Waals surface area contributed by atoms with Crippen LogP contribution in [-0.2, 0) is 24.3 Å². The summed E-state index contributed by atoms with van der Waals surface area (Å²) in [6, 6.07) is 8.50. The van der Waals surface area contributed by atoms with E-state index in [1.807, 2.05) is 36.4 Å². The fraction of sp³-hybridized carbons (Fsp3) is 0.440. The van der Waals surface area contributed by atoms with E-state index < -0.39 is 33.9 Å². The number of halogens is 3. The zero-order valence-corrected chi connectivity index (χ0v) is 24.4. The van der Waals surface area contributed by atoms with Crippen molar-refractivity contribution in [3.63, 3.8) is 0 Å². The molecule has 0 saturated heterocycles. The summed E-state index contributed by atoms with van der Waals surface area (Å²) in [5.74, 6) is -1.36. The summed E-state index contributed by atoms with van der Waals surface area (Å²) in [6.45, 7) is 5.54. The molecule has 0 aliphatic rings. The van der Waals surface area contributed by atoms with Gasteiger partial charge in [0.05, 0.1) is 17.7 Å². The van der Waals surface area contributed by atoms with Gasteiger partial charge in [0.15, 0.2) is 0 Å². The average Bonchev–Trinajstić information content (AvgIpc) is 2.80. The predicted molar refractivity (Wildman–Crippen MR) is 147 cm³/mol. The monoisotopic (exact) mass is 652 g/mol. The zero-order chi connectivity index (χ0) is 27.0. The number of hydrogen-bond acceptors (Lipinski definition) is 5. The molecule has 0 bridgehead atoms. The van der Waals surface area contributed by atoms with Gasteiger partial charge in [-0.25, -0.2) is 17.6 Å². The molecule has 0 heterocycles. The summed E-state index contributed by atoms with van der Waals surface area (Å²) in [7, 11) is -2.87. The standard InChI is InChI=1S/C25H31ClFIN2O5S/c1-16(2)14-22(25(32)35-4)29-24(31)7-5-6-17(3)30(23-15-19(28)10-13-21(23)27)36(33,34)20-11-8-18(26)9-12-20/h8-13,15-17,22H,5-7,14H2,1-4H3,(H,29,31)/t17-,22+/m1/s1. The quantitative estimate of drug-likeness (QED) is 0.240. The van der Waals surface area contributed by atoms with Crippen LogP contribution in [0.25, 0.3) is 0 Å². The molecule has 36 heavy (non-hydrogen) atoms. The Morgan fingerprint density at radius 2 is 1.78 bits per heavy atom. The Morgan fingerprint density at radius 3 is 2.36 bits per heavy atom. The Hall–Kier alpha value is -1.92. The normalized spacial score (nSPS) is 13.2. The van der Waals surface area contributed by atoms with Crippen LogP contribution in [0.5, 0.6) is 0 Å². The minimum Gasteiger partial charge on any atom is -0.467 e. The van der Waals surface area contributed by atoms with Crippen LogP contribution >= 0.6 is 34.2 Å². The lowest BCUT2D eigenvalue weighted by atomic mass is 10.0. The summed E-state index contributed by atoms with van der Waals surface area (Å²) >= 11 is 7.92. The van der Waals surface area contributed by atoms with Gasteiger partial charge in [-0.15, -0.1) is 0 Å². The Labute approximate surface area is 230 Å². The van der Waals surface area contributed by atoms with Crippen LogP contribution < -0.4 is 9.62 Å². The number of carbonyl (C=O) groups excluding carboxylic acids is 2. The van der Waals surface area contributed by atoms with E-state index in [4.69, 9.17) is 16.3 Å². The average molecular weight is 653 g/mol. The molecule has 2 rings (SSSR count). The van der Waals surface area contributed by atoms with Crippen molar-refractivity contribution in [1.82, 2.24) is 5.32 Å². The maximum atomic E-state index is 14.9. The first kappa shape index (κ1) is 30.3. The van der Waals surface area contributed by atoms with E-state index in [1.165, 1.54) is 43.5 Å². The molecule has 0 unspecified atom stereocenters. The van der Waals surface area contributed by atoms with Crippen molar-refractivity contribution in [2.45, 2.75) is 63.4 Å². The van der Waals surface area contributed by atoms with E-state index >= 15 is 0 Å². The van der Waals surface area contributed by atoms with Crippen molar-refractivity contribution in [2.75, 3.05) is 11.4 Å². The third-order valence-electron chi connectivity index (χ3n) is 5.47. The number of rotatable bonds is 12. The maximum Gasteiger partial charge on any atom is 0.328 e. The molecule has 0 aromatic heterocycles. The zero-order valence-electron chi connectivity index (χ0n) is 20.6. The topological polar surface area (TPSA) is 92.8 Å². The van der Waals surface area contributed by atoms with Gasteiger partial charge >= 0.3 is 5.97 Å². The predicted octanol–water partition coefficient (Wildman–Crippen LogP) is 5.54. The summed E-state index contributed by atoms with van der Waals surface area (Å²) in [5.41, 5.74) is -0.0727. The molecule has 2 aromatic rings. The third kappa shape index (κ3) is 8.31. The van der Waals surface area contributed by atoms with Gasteiger partial charge in [0.1, 0.15) is 11.9 Å². The van der Waals surface area contributed by atoms with Crippen LogP contribution in [0.15, 0.2) is 47.4 Å². The van der Waals surface area contributed by atoms with Gasteiger partial charge < -0.3 is 10.1 Å². The molecule has 1 N–H and O–H groups in total. The highest BCUT2D eigenvalue weighted by Crippen LogP contribution is 2.32. The molecule has 2 atom stereocenters. The van der Waals surface area contributed by atoms with Crippen LogP contribution in [0.1, 0.15) is 46.5 Å². The molecular formula is C25H31ClFIN2O5S. The molecule has 0 saturated carbocycles. The molecule has 0 aliphatic heterocycles. The summed E-state index contributed by atoms with van der Waals surface area (Å²) < 4.78 is 48.5. The highest BCUT2D eigenvalue weighted by molar-refractivity contribution is 14.1. The van der Waals surface area contributed by atoms with Gasteiger partial charge in [0.25, 0.3) is 10.0 Å². The number of ether oxygens (including phenoxy) is 1. The largest absolute Gasteiger partial charge is 0.467 e. The van der Waals surface area contributed by atoms with Gasteiger partial charge in [-0.2, -0.15) is 0 Å². The van der Waals surface area contributed by atoms with Gasteiger partial charge in [-0.1, -0.05) is 25.4 Å². The van der Waals surface area contributed by atoms with Gasteiger partial charge in [0.2, 0.25) is 5.91 Å². The Bertz CT molecular complexity index is 1160. The second kappa shape index (κ2) is 13.6. The van der Waals surface area contributed by atoms with E-state index in [-0.39, 0.29) is 35.2 Å². The molecule has 1 amide bonds. The number of hydrogen-bond donors (Lipinski definition) is 1. The minimum absolute atomic E-state index is 0.0237. The molecular weight excluding hydrogens is 622 g/mol. The summed E-state index contributed by atoms with van der Waals surface area (Å²) in [6.07, 6.45) is 1.10. The number of esters is 1. The number of carbonyl (C=O) groups is 2. The SMILES string of the molecule is COC(=O)[C@H](CC(C)C)NC(=O)CCC[C@@H](C)N(c1cc(I)ccc1F)S(=O)(=O)c1ccc(Cl)cc1. The molecule has 0 radical (unpaired) electrons. The number of amides is 1. The number of benzene rings is 2. The van der Waals surface area contributed by atoms with Gasteiger partial charge in [-0.3, -0.25) is 9.10 Å². The Kier molecular flexibility index (Phi) is 11.4. The number of nitrogens with zero attached hydrogens (tertiary/aromatic N) is 1. The minimum atomic E-state index is -4.14. The van der Waals surface area contributed by atoms with Crippen LogP contribution in [0, 0.1) is 15.3 Å². The number of methoxy groups -OCH3 is 1. The lowest BCUT2D eigenvalue weighted by Crippen LogP contribution is -2.42. The molecule has 7 nitrogen and oxygen atoms in total. The number of sulfonamides is 1. The van der Waals surface area contributed by atoms with E-state index in [0.717, 1.165) is 4.31 Å². The van der Waals surface area contributed by atoms with Crippen molar-refractivity contribution in [2.24, 2.45) is 5.92 Å². The van der Waals surface area contributed by atoms with Crippen molar-refractivity contribution in [1.29, 1.82) is 0 Å². The van der Waals surface area contributed by atoms with Crippen LogP contribution in [0.4, 0.5) is 10.1 Å². The van der Waals surface area contributed by atoms with Gasteiger partial charge in [-0.05, 0) is 97.2 Å². The van der Waals surface area contributed by atoms with E-state index in [9.17, 15) is 22.4 Å². The molecule has 0 fully saturated rings. The maximum absolute atomic E-state index is 14.9. The molecule has 0 spiro atoms. The first-order valence-electron chi connectivity index (χ1n) is 11.5. The number of anilines is 1. The molecule has 0 aliphatic carbocycles. The fourth-order valence-electron chi connectivity index (χ4n) is 3.75. The first-order valence-corrected chi connectivity index (χ1v) is 14.4.